The number of fused-ring (bicyclic) bond motifs is 12. The van der Waals surface area contributed by atoms with Crippen LogP contribution in [0.15, 0.2) is 211 Å². The second-order valence-electron chi connectivity index (χ2n) is 14.9. The van der Waals surface area contributed by atoms with Crippen molar-refractivity contribution in [2.24, 2.45) is 0 Å². The first kappa shape index (κ1) is 31.7. The lowest BCUT2D eigenvalue weighted by atomic mass is 9.94. The molecule has 0 amide bonds. The molecule has 0 unspecified atom stereocenters. The molecule has 12 rings (SSSR count). The fourth-order valence-electron chi connectivity index (χ4n) is 9.15. The Kier molecular flexibility index (Phi) is 6.93. The Morgan fingerprint density at radius 2 is 0.842 bits per heavy atom. The van der Waals surface area contributed by atoms with Crippen molar-refractivity contribution in [1.82, 2.24) is 4.57 Å². The maximum absolute atomic E-state index is 6.17. The molecule has 0 aliphatic carbocycles. The van der Waals surface area contributed by atoms with E-state index in [1.165, 1.54) is 65.3 Å². The third kappa shape index (κ3) is 4.92. The molecule has 0 saturated carbocycles. The molecule has 0 aliphatic heterocycles. The molecule has 0 bridgehead atoms. The molecule has 0 N–H and O–H groups in total. The van der Waals surface area contributed by atoms with Gasteiger partial charge in [-0.25, -0.2) is 0 Å². The minimum atomic E-state index is 0.903. The molecule has 12 aromatic rings. The van der Waals surface area contributed by atoms with Crippen LogP contribution in [0.25, 0.3) is 92.9 Å². The Hall–Kier alpha value is -7.62. The van der Waals surface area contributed by atoms with Crippen LogP contribution in [0.1, 0.15) is 0 Å². The molecule has 0 radical (unpaired) electrons. The van der Waals surface area contributed by atoms with E-state index in [4.69, 9.17) is 4.42 Å². The van der Waals surface area contributed by atoms with E-state index < -0.39 is 0 Å². The maximum atomic E-state index is 6.17. The molecule has 3 nitrogen and oxygen atoms in total. The minimum Gasteiger partial charge on any atom is -0.456 e. The van der Waals surface area contributed by atoms with Crippen molar-refractivity contribution in [2.75, 3.05) is 4.90 Å². The molecular weight excluding hydrogens is 693 g/mol. The SMILES string of the molecule is c1ccc(N(c2ccc(-c3ccc4c(c3)c3ccccc3n4-c3ccc4oc5ccccc5c4c3)cc2)c2ccc3c4ccccc4c4ccccc4c3c2)cc1. The van der Waals surface area contributed by atoms with Crippen molar-refractivity contribution >= 4 is 93.1 Å². The van der Waals surface area contributed by atoms with Crippen LogP contribution in [-0.2, 0) is 0 Å². The summed E-state index contributed by atoms with van der Waals surface area (Å²) in [6.07, 6.45) is 0. The van der Waals surface area contributed by atoms with Crippen LogP contribution in [0.3, 0.4) is 0 Å². The van der Waals surface area contributed by atoms with E-state index >= 15 is 0 Å². The largest absolute Gasteiger partial charge is 0.456 e. The number of benzene rings is 10. The number of hydrogen-bond donors (Lipinski definition) is 0. The van der Waals surface area contributed by atoms with Crippen LogP contribution >= 0.6 is 0 Å². The predicted octanol–water partition coefficient (Wildman–Crippen LogP) is 15.3. The highest BCUT2D eigenvalue weighted by Crippen LogP contribution is 2.42. The number of para-hydroxylation sites is 3. The van der Waals surface area contributed by atoms with Gasteiger partial charge >= 0.3 is 0 Å². The highest BCUT2D eigenvalue weighted by Gasteiger charge is 2.18. The van der Waals surface area contributed by atoms with Gasteiger partial charge in [-0.2, -0.15) is 0 Å². The van der Waals surface area contributed by atoms with Crippen molar-refractivity contribution in [2.45, 2.75) is 0 Å². The molecule has 2 aromatic heterocycles. The van der Waals surface area contributed by atoms with Gasteiger partial charge < -0.3 is 13.9 Å². The summed E-state index contributed by atoms with van der Waals surface area (Å²) in [6.45, 7) is 0. The van der Waals surface area contributed by atoms with Gasteiger partial charge in [0.15, 0.2) is 0 Å². The first-order chi connectivity index (χ1) is 28.3. The Bertz CT molecular complexity index is 3490. The van der Waals surface area contributed by atoms with Gasteiger partial charge in [-0.3, -0.25) is 0 Å². The zero-order valence-electron chi connectivity index (χ0n) is 30.9. The van der Waals surface area contributed by atoms with E-state index in [2.05, 4.69) is 204 Å². The van der Waals surface area contributed by atoms with Crippen molar-refractivity contribution < 1.29 is 4.42 Å². The molecule has 10 aromatic carbocycles. The fourth-order valence-corrected chi connectivity index (χ4v) is 9.15. The number of anilines is 3. The Morgan fingerprint density at radius 1 is 0.298 bits per heavy atom. The number of aromatic nitrogens is 1. The summed E-state index contributed by atoms with van der Waals surface area (Å²) >= 11 is 0. The Morgan fingerprint density at radius 3 is 1.60 bits per heavy atom. The molecule has 0 fully saturated rings. The molecule has 57 heavy (non-hydrogen) atoms. The lowest BCUT2D eigenvalue weighted by Gasteiger charge is -2.26. The maximum Gasteiger partial charge on any atom is 0.135 e. The zero-order valence-corrected chi connectivity index (χ0v) is 30.9. The van der Waals surface area contributed by atoms with Gasteiger partial charge in [0.1, 0.15) is 11.2 Å². The standard InChI is InChI=1S/C54H34N2O/c1-2-12-37(13-3-1)55(39-27-29-45-43-16-5-4-14-41(43)42-15-6-7-17-44(42)48(45)33-39)38-25-22-35(23-26-38)36-24-30-52-49(32-36)46-18-8-10-20-51(46)56(52)40-28-31-54-50(34-40)47-19-9-11-21-53(47)57-54/h1-34H. The molecule has 0 aliphatic rings. The number of hydrogen-bond acceptors (Lipinski definition) is 2. The summed E-state index contributed by atoms with van der Waals surface area (Å²) in [5, 5.41) is 12.4. The van der Waals surface area contributed by atoms with E-state index in [9.17, 15) is 0 Å². The average Bonchev–Trinajstić information content (AvgIpc) is 3.82. The van der Waals surface area contributed by atoms with Gasteiger partial charge in [0, 0.05) is 44.3 Å². The molecule has 266 valence electrons. The van der Waals surface area contributed by atoms with Crippen LogP contribution in [0.5, 0.6) is 0 Å². The van der Waals surface area contributed by atoms with E-state index in [1.54, 1.807) is 0 Å². The van der Waals surface area contributed by atoms with Gasteiger partial charge in [0.2, 0.25) is 0 Å². The van der Waals surface area contributed by atoms with Gasteiger partial charge in [-0.1, -0.05) is 127 Å². The third-order valence-electron chi connectivity index (χ3n) is 11.8. The summed E-state index contributed by atoms with van der Waals surface area (Å²) < 4.78 is 8.55. The lowest BCUT2D eigenvalue weighted by molar-refractivity contribution is 0.669. The third-order valence-corrected chi connectivity index (χ3v) is 11.8. The minimum absolute atomic E-state index is 0.903. The fraction of sp³-hybridized carbons (Fsp3) is 0. The summed E-state index contributed by atoms with van der Waals surface area (Å²) in [4.78, 5) is 2.37. The van der Waals surface area contributed by atoms with Gasteiger partial charge in [0.25, 0.3) is 0 Å². The van der Waals surface area contributed by atoms with Crippen molar-refractivity contribution in [3.05, 3.63) is 206 Å². The van der Waals surface area contributed by atoms with Crippen LogP contribution in [0.2, 0.25) is 0 Å². The second-order valence-corrected chi connectivity index (χ2v) is 14.9. The molecule has 0 atom stereocenters. The highest BCUT2D eigenvalue weighted by molar-refractivity contribution is 6.26. The monoisotopic (exact) mass is 726 g/mol. The molecule has 2 heterocycles. The summed E-state index contributed by atoms with van der Waals surface area (Å²) in [5.74, 6) is 0. The first-order valence-electron chi connectivity index (χ1n) is 19.5. The summed E-state index contributed by atoms with van der Waals surface area (Å²) in [6, 6.07) is 74.6. The quantitative estimate of drug-likeness (QED) is 0.165. The normalized spacial score (nSPS) is 11.9. The van der Waals surface area contributed by atoms with Crippen LogP contribution in [-0.4, -0.2) is 4.57 Å². The zero-order chi connectivity index (χ0) is 37.5. The molecule has 0 saturated heterocycles. The van der Waals surface area contributed by atoms with Gasteiger partial charge in [-0.15, -0.1) is 0 Å². The van der Waals surface area contributed by atoms with E-state index in [1.807, 2.05) is 12.1 Å². The van der Waals surface area contributed by atoms with Crippen molar-refractivity contribution in [3.8, 4) is 16.8 Å². The second kappa shape index (κ2) is 12.5. The summed E-state index contributed by atoms with van der Waals surface area (Å²) in [7, 11) is 0. The Labute approximate surface area is 328 Å². The number of rotatable bonds is 5. The topological polar surface area (TPSA) is 21.3 Å². The van der Waals surface area contributed by atoms with E-state index in [0.29, 0.717) is 0 Å². The predicted molar refractivity (Wildman–Crippen MR) is 241 cm³/mol. The smallest absolute Gasteiger partial charge is 0.135 e. The van der Waals surface area contributed by atoms with Crippen molar-refractivity contribution in [3.63, 3.8) is 0 Å². The number of nitrogens with zero attached hydrogens (tertiary/aromatic N) is 2. The summed E-state index contributed by atoms with van der Waals surface area (Å²) in [5.41, 5.74) is 11.0. The van der Waals surface area contributed by atoms with E-state index in [-0.39, 0.29) is 0 Å². The molecule has 0 spiro atoms. The highest BCUT2D eigenvalue weighted by atomic mass is 16.3. The van der Waals surface area contributed by atoms with Gasteiger partial charge in [-0.05, 0) is 122 Å². The van der Waals surface area contributed by atoms with Crippen LogP contribution in [0, 0.1) is 0 Å². The first-order valence-corrected chi connectivity index (χ1v) is 19.5. The van der Waals surface area contributed by atoms with Crippen LogP contribution in [0.4, 0.5) is 17.1 Å². The number of furan rings is 1. The average molecular weight is 727 g/mol. The molecule has 3 heteroatoms. The van der Waals surface area contributed by atoms with Gasteiger partial charge in [0.05, 0.1) is 11.0 Å². The van der Waals surface area contributed by atoms with Crippen molar-refractivity contribution in [1.29, 1.82) is 0 Å². The Balaban J connectivity index is 0.969. The lowest BCUT2D eigenvalue weighted by Crippen LogP contribution is -2.09. The van der Waals surface area contributed by atoms with Crippen LogP contribution < -0.4 is 4.90 Å². The molecular formula is C54H34N2O. The van der Waals surface area contributed by atoms with E-state index in [0.717, 1.165) is 44.7 Å².